The van der Waals surface area contributed by atoms with Gasteiger partial charge in [0.1, 0.15) is 0 Å². The maximum atomic E-state index is 10.7. The summed E-state index contributed by atoms with van der Waals surface area (Å²) in [5.41, 5.74) is 6.32. The van der Waals surface area contributed by atoms with Gasteiger partial charge in [0.2, 0.25) is 5.91 Å². The Bertz CT molecular complexity index is 717. The summed E-state index contributed by atoms with van der Waals surface area (Å²) in [5.74, 6) is -7.53. The van der Waals surface area contributed by atoms with E-state index in [0.29, 0.717) is 6.42 Å². The topological polar surface area (TPSA) is 199 Å². The number of carboxylic acids is 4. The summed E-state index contributed by atoms with van der Waals surface area (Å²) in [7, 11) is 0. The van der Waals surface area contributed by atoms with Crippen molar-refractivity contribution in [1.29, 1.82) is 0 Å². The van der Waals surface area contributed by atoms with Crippen LogP contribution in [-0.4, -0.2) is 87.8 Å². The molecule has 0 radical (unpaired) electrons. The molecule has 1 aliphatic rings. The molecule has 30 heavy (non-hydrogen) atoms. The van der Waals surface area contributed by atoms with Gasteiger partial charge in [-0.2, -0.15) is 0 Å². The van der Waals surface area contributed by atoms with Crippen molar-refractivity contribution < 1.29 is 44.4 Å². The number of carbonyl (C=O) groups excluding carboxylic acids is 1. The van der Waals surface area contributed by atoms with E-state index in [1.807, 2.05) is 18.2 Å². The number of hydrogen-bond donors (Lipinski definition) is 5. The Kier molecular flexibility index (Phi) is 12.2. The molecular weight excluding hydrogens is 426 g/mol. The number of anilines is 1. The molecule has 0 atom stereocenters. The first-order valence-electron chi connectivity index (χ1n) is 8.37. The molecule has 6 N–H and O–H groups in total. The Morgan fingerprint density at radius 2 is 1.33 bits per heavy atom. The minimum Gasteiger partial charge on any atom is -0.473 e. The highest BCUT2D eigenvalue weighted by molar-refractivity contribution is 6.30. The lowest BCUT2D eigenvalue weighted by atomic mass is 10.2. The number of piperazine rings is 1. The van der Waals surface area contributed by atoms with Crippen LogP contribution >= 0.6 is 11.6 Å². The van der Waals surface area contributed by atoms with Gasteiger partial charge in [0.25, 0.3) is 0 Å². The fraction of sp³-hybridized carbons (Fsp3) is 0.353. The highest BCUT2D eigenvalue weighted by Crippen LogP contribution is 2.20. The predicted molar refractivity (Wildman–Crippen MR) is 104 cm³/mol. The highest BCUT2D eigenvalue weighted by atomic mass is 35.5. The number of amides is 1. The van der Waals surface area contributed by atoms with Crippen molar-refractivity contribution in [2.24, 2.45) is 5.73 Å². The van der Waals surface area contributed by atoms with Gasteiger partial charge < -0.3 is 31.1 Å². The molecule has 1 aliphatic heterocycles. The van der Waals surface area contributed by atoms with Crippen molar-refractivity contribution in [1.82, 2.24) is 4.90 Å². The molecule has 166 valence electrons. The Morgan fingerprint density at radius 3 is 1.70 bits per heavy atom. The van der Waals surface area contributed by atoms with E-state index in [2.05, 4.69) is 15.9 Å². The van der Waals surface area contributed by atoms with Gasteiger partial charge in [0.05, 0.1) is 0 Å². The minimum absolute atomic E-state index is 0.229. The zero-order valence-electron chi connectivity index (χ0n) is 15.7. The summed E-state index contributed by atoms with van der Waals surface area (Å²) in [4.78, 5) is 51.7. The third-order valence-corrected chi connectivity index (χ3v) is 3.82. The first-order valence-corrected chi connectivity index (χ1v) is 8.75. The van der Waals surface area contributed by atoms with Crippen LogP contribution in [0.3, 0.4) is 0 Å². The van der Waals surface area contributed by atoms with E-state index in [9.17, 15) is 4.79 Å². The van der Waals surface area contributed by atoms with E-state index >= 15 is 0 Å². The first-order chi connectivity index (χ1) is 13.9. The van der Waals surface area contributed by atoms with Crippen LogP contribution in [0.4, 0.5) is 5.69 Å². The van der Waals surface area contributed by atoms with Crippen LogP contribution in [0.2, 0.25) is 5.02 Å². The molecule has 0 spiro atoms. The lowest BCUT2D eigenvalue weighted by Gasteiger charge is -2.36. The van der Waals surface area contributed by atoms with Crippen molar-refractivity contribution in [2.45, 2.75) is 6.42 Å². The lowest BCUT2D eigenvalue weighted by Crippen LogP contribution is -2.47. The van der Waals surface area contributed by atoms with Crippen LogP contribution < -0.4 is 10.6 Å². The summed E-state index contributed by atoms with van der Waals surface area (Å²) < 4.78 is 0. The normalized spacial score (nSPS) is 13.0. The number of carbonyl (C=O) groups is 5. The summed E-state index contributed by atoms with van der Waals surface area (Å²) in [6.45, 7) is 4.59. The van der Waals surface area contributed by atoms with Crippen LogP contribution in [0.1, 0.15) is 6.42 Å². The second kappa shape index (κ2) is 13.7. The lowest BCUT2D eigenvalue weighted by molar-refractivity contribution is -0.159. The smallest absolute Gasteiger partial charge is 0.414 e. The molecule has 2 rings (SSSR count). The molecule has 0 bridgehead atoms. The minimum atomic E-state index is -1.82. The van der Waals surface area contributed by atoms with Crippen molar-refractivity contribution in [3.63, 3.8) is 0 Å². The van der Waals surface area contributed by atoms with E-state index in [1.54, 1.807) is 0 Å². The number of carboxylic acid groups (broad SMARTS) is 4. The predicted octanol–water partition coefficient (Wildman–Crippen LogP) is -0.351. The van der Waals surface area contributed by atoms with E-state index < -0.39 is 23.9 Å². The van der Waals surface area contributed by atoms with E-state index in [-0.39, 0.29) is 5.91 Å². The number of nitrogens with zero attached hydrogens (tertiary/aromatic N) is 2. The van der Waals surface area contributed by atoms with Crippen LogP contribution in [-0.2, 0) is 24.0 Å². The van der Waals surface area contributed by atoms with E-state index in [1.165, 1.54) is 0 Å². The quantitative estimate of drug-likeness (QED) is 0.378. The Balaban J connectivity index is 0.000000580. The number of nitrogens with two attached hydrogens (primary N) is 1. The van der Waals surface area contributed by atoms with Gasteiger partial charge in [-0.25, -0.2) is 19.2 Å². The second-order valence-corrected chi connectivity index (χ2v) is 6.18. The Morgan fingerprint density at radius 1 is 0.867 bits per heavy atom. The largest absolute Gasteiger partial charge is 0.473 e. The van der Waals surface area contributed by atoms with Crippen molar-refractivity contribution in [3.8, 4) is 0 Å². The highest BCUT2D eigenvalue weighted by Gasteiger charge is 2.17. The molecule has 0 saturated carbocycles. The molecule has 1 aromatic carbocycles. The third kappa shape index (κ3) is 12.2. The summed E-state index contributed by atoms with van der Waals surface area (Å²) in [5, 5.41) is 30.3. The standard InChI is InChI=1S/C13H18ClN3O.2C2H2O4/c14-11-2-1-3-12(10-11)17-8-6-16(7-9-17)5-4-13(15)18;2*3-1(4)2(5)6/h1-3,10H,4-9H2,(H2,15,18);2*(H,3,4)(H,5,6). The molecule has 1 heterocycles. The average Bonchev–Trinajstić information content (AvgIpc) is 2.67. The zero-order chi connectivity index (χ0) is 23.3. The molecule has 1 saturated heterocycles. The zero-order valence-corrected chi connectivity index (χ0v) is 16.5. The monoisotopic (exact) mass is 447 g/mol. The number of aliphatic carboxylic acids is 4. The van der Waals surface area contributed by atoms with Crippen LogP contribution in [0.25, 0.3) is 0 Å². The Labute approximate surface area is 176 Å². The van der Waals surface area contributed by atoms with Crippen molar-refractivity contribution in [2.75, 3.05) is 37.6 Å². The molecule has 1 fully saturated rings. The number of hydrogen-bond acceptors (Lipinski definition) is 7. The van der Waals surface area contributed by atoms with E-state index in [0.717, 1.165) is 43.4 Å². The molecule has 12 nitrogen and oxygen atoms in total. The number of primary amides is 1. The van der Waals surface area contributed by atoms with Gasteiger partial charge in [-0.3, -0.25) is 9.69 Å². The molecule has 0 aliphatic carbocycles. The summed E-state index contributed by atoms with van der Waals surface area (Å²) >= 11 is 5.99. The molecule has 0 aromatic heterocycles. The molecule has 1 aromatic rings. The fourth-order valence-electron chi connectivity index (χ4n) is 2.17. The molecule has 0 unspecified atom stereocenters. The maximum absolute atomic E-state index is 10.7. The number of benzene rings is 1. The van der Waals surface area contributed by atoms with Crippen molar-refractivity contribution >= 4 is 47.1 Å². The second-order valence-electron chi connectivity index (χ2n) is 5.75. The summed E-state index contributed by atoms with van der Waals surface area (Å²) in [6.07, 6.45) is 0.442. The van der Waals surface area contributed by atoms with Gasteiger partial charge in [0, 0.05) is 49.9 Å². The summed E-state index contributed by atoms with van der Waals surface area (Å²) in [6, 6.07) is 7.91. The van der Waals surface area contributed by atoms with Gasteiger partial charge in [-0.05, 0) is 18.2 Å². The van der Waals surface area contributed by atoms with Crippen LogP contribution in [0.5, 0.6) is 0 Å². The van der Waals surface area contributed by atoms with Gasteiger partial charge in [0.15, 0.2) is 0 Å². The van der Waals surface area contributed by atoms with Crippen LogP contribution in [0, 0.1) is 0 Å². The average molecular weight is 448 g/mol. The Hall–Kier alpha value is -3.38. The molecular formula is C17H22ClN3O9. The van der Waals surface area contributed by atoms with Gasteiger partial charge in [-0.15, -0.1) is 0 Å². The molecule has 1 amide bonds. The number of rotatable bonds is 4. The first kappa shape index (κ1) is 26.6. The van der Waals surface area contributed by atoms with Crippen LogP contribution in [0.15, 0.2) is 24.3 Å². The molecule has 13 heteroatoms. The fourth-order valence-corrected chi connectivity index (χ4v) is 2.36. The van der Waals surface area contributed by atoms with E-state index in [4.69, 9.17) is 56.9 Å². The van der Waals surface area contributed by atoms with Gasteiger partial charge in [-0.1, -0.05) is 17.7 Å². The number of halogens is 1. The maximum Gasteiger partial charge on any atom is 0.414 e. The van der Waals surface area contributed by atoms with Gasteiger partial charge >= 0.3 is 23.9 Å². The SMILES string of the molecule is NC(=O)CCN1CCN(c2cccc(Cl)c2)CC1.O=C(O)C(=O)O.O=C(O)C(=O)O. The third-order valence-electron chi connectivity index (χ3n) is 3.59. The van der Waals surface area contributed by atoms with Crippen molar-refractivity contribution in [3.05, 3.63) is 29.3 Å².